The van der Waals surface area contributed by atoms with Gasteiger partial charge in [-0.05, 0) is 32.9 Å². The number of nitrogens with one attached hydrogen (secondary N) is 1. The van der Waals surface area contributed by atoms with E-state index in [0.29, 0.717) is 5.69 Å². The van der Waals surface area contributed by atoms with Crippen molar-refractivity contribution < 1.29 is 14.0 Å². The Labute approximate surface area is 99.9 Å². The second-order valence-electron chi connectivity index (χ2n) is 4.77. The van der Waals surface area contributed by atoms with Crippen LogP contribution in [0.2, 0.25) is 0 Å². The van der Waals surface area contributed by atoms with Gasteiger partial charge in [-0.2, -0.15) is 0 Å². The quantitative estimate of drug-likeness (QED) is 0.626. The fraction of sp³-hybridized carbons (Fsp3) is 0.417. The van der Waals surface area contributed by atoms with Crippen molar-refractivity contribution in [2.75, 3.05) is 5.73 Å². The molecule has 1 rings (SSSR count). The molecule has 5 heteroatoms. The van der Waals surface area contributed by atoms with Crippen LogP contribution in [0.15, 0.2) is 18.2 Å². The maximum atomic E-state index is 13.3. The second-order valence-corrected chi connectivity index (χ2v) is 4.77. The number of carbonyl (C=O) groups excluding carboxylic acids is 1. The van der Waals surface area contributed by atoms with Crippen LogP contribution in [0.4, 0.5) is 10.1 Å². The van der Waals surface area contributed by atoms with E-state index in [1.807, 2.05) is 0 Å². The van der Waals surface area contributed by atoms with Gasteiger partial charge in [-0.25, -0.2) is 9.18 Å². The molecule has 0 atom stereocenters. The molecule has 0 spiro atoms. The average molecular weight is 240 g/mol. The van der Waals surface area contributed by atoms with E-state index in [-0.39, 0.29) is 12.1 Å². The van der Waals surface area contributed by atoms with Gasteiger partial charge in [0.25, 0.3) is 0 Å². The predicted octanol–water partition coefficient (Wildman–Crippen LogP) is 2.00. The average Bonchev–Trinajstić information content (AvgIpc) is 2.20. The van der Waals surface area contributed by atoms with E-state index >= 15 is 0 Å². The Bertz CT molecular complexity index is 393. The Balaban J connectivity index is 2.55. The van der Waals surface area contributed by atoms with Crippen molar-refractivity contribution in [3.63, 3.8) is 0 Å². The van der Waals surface area contributed by atoms with Gasteiger partial charge in [-0.1, -0.05) is 6.07 Å². The van der Waals surface area contributed by atoms with Crippen LogP contribution in [0.3, 0.4) is 0 Å². The van der Waals surface area contributed by atoms with E-state index in [1.54, 1.807) is 26.8 Å². The number of anilines is 1. The summed E-state index contributed by atoms with van der Waals surface area (Å²) in [5.74, 6) is -0.836. The molecule has 1 aromatic rings. The zero-order valence-corrected chi connectivity index (χ0v) is 10.2. The largest absolute Gasteiger partial charge is 0.398 e. The summed E-state index contributed by atoms with van der Waals surface area (Å²) in [6.07, 6.45) is 0. The third-order valence-electron chi connectivity index (χ3n) is 2.18. The molecule has 0 aliphatic rings. The number of halogens is 1. The van der Waals surface area contributed by atoms with Gasteiger partial charge in [0.2, 0.25) is 0 Å². The topological polar surface area (TPSA) is 64.3 Å². The zero-order valence-electron chi connectivity index (χ0n) is 10.2. The summed E-state index contributed by atoms with van der Waals surface area (Å²) in [5, 5.41) is 0. The highest BCUT2D eigenvalue weighted by Crippen LogP contribution is 2.16. The maximum Gasteiger partial charge on any atom is 0.329 e. The Morgan fingerprint density at radius 2 is 2.12 bits per heavy atom. The summed E-state index contributed by atoms with van der Waals surface area (Å²) >= 11 is 0. The molecule has 0 fully saturated rings. The van der Waals surface area contributed by atoms with Gasteiger partial charge >= 0.3 is 5.97 Å². The lowest BCUT2D eigenvalue weighted by Gasteiger charge is -2.16. The Hall–Kier alpha value is -1.62. The van der Waals surface area contributed by atoms with Crippen LogP contribution >= 0.6 is 0 Å². The lowest BCUT2D eigenvalue weighted by Crippen LogP contribution is -2.29. The summed E-state index contributed by atoms with van der Waals surface area (Å²) in [4.78, 5) is 16.2. The minimum absolute atomic E-state index is 0.0420. The van der Waals surface area contributed by atoms with Gasteiger partial charge < -0.3 is 10.6 Å². The lowest BCUT2D eigenvalue weighted by atomic mass is 9.98. The molecule has 1 aromatic carbocycles. The molecule has 4 nitrogen and oxygen atoms in total. The minimum atomic E-state index is -0.603. The van der Waals surface area contributed by atoms with Crippen LogP contribution in [-0.4, -0.2) is 5.97 Å². The molecule has 0 saturated carbocycles. The van der Waals surface area contributed by atoms with Crippen molar-refractivity contribution in [2.24, 2.45) is 5.41 Å². The molecule has 3 N–H and O–H groups in total. The molecule has 0 amide bonds. The van der Waals surface area contributed by atoms with Crippen molar-refractivity contribution in [3.8, 4) is 0 Å². The Kier molecular flexibility index (Phi) is 4.07. The van der Waals surface area contributed by atoms with Crippen molar-refractivity contribution in [3.05, 3.63) is 29.6 Å². The summed E-state index contributed by atoms with van der Waals surface area (Å²) in [7, 11) is 0. The highest BCUT2D eigenvalue weighted by molar-refractivity contribution is 5.75. The van der Waals surface area contributed by atoms with Crippen LogP contribution in [0, 0.1) is 11.2 Å². The van der Waals surface area contributed by atoms with Crippen LogP contribution in [0.5, 0.6) is 0 Å². The predicted molar refractivity (Wildman–Crippen MR) is 63.2 cm³/mol. The van der Waals surface area contributed by atoms with Crippen molar-refractivity contribution >= 4 is 11.7 Å². The van der Waals surface area contributed by atoms with E-state index in [0.717, 1.165) is 0 Å². The molecule has 0 bridgehead atoms. The van der Waals surface area contributed by atoms with E-state index < -0.39 is 17.2 Å². The van der Waals surface area contributed by atoms with Crippen LogP contribution in [0.1, 0.15) is 26.3 Å². The number of nitrogen functional groups attached to an aromatic ring is 1. The normalized spacial score (nSPS) is 11.3. The van der Waals surface area contributed by atoms with Crippen LogP contribution < -0.4 is 11.2 Å². The number of benzene rings is 1. The molecule has 0 aliphatic carbocycles. The maximum absolute atomic E-state index is 13.3. The van der Waals surface area contributed by atoms with Gasteiger partial charge in [0.1, 0.15) is 5.82 Å². The molecule has 17 heavy (non-hydrogen) atoms. The van der Waals surface area contributed by atoms with E-state index in [2.05, 4.69) is 5.48 Å². The standard InChI is InChI=1S/C12H17FN2O2/c1-12(2,3)11(16)17-15-7-8-9(13)5-4-6-10(8)14/h4-6,15H,7,14H2,1-3H3. The third kappa shape index (κ3) is 3.71. The molecule has 0 unspecified atom stereocenters. The van der Waals surface area contributed by atoms with Gasteiger partial charge in [-0.15, -0.1) is 5.48 Å². The molecule has 0 heterocycles. The summed E-state index contributed by atoms with van der Waals surface area (Å²) in [6, 6.07) is 4.42. The molecule has 0 saturated heterocycles. The number of hydrogen-bond acceptors (Lipinski definition) is 4. The number of nitrogens with two attached hydrogens (primary N) is 1. The Morgan fingerprint density at radius 1 is 1.47 bits per heavy atom. The molecular weight excluding hydrogens is 223 g/mol. The molecular formula is C12H17FN2O2. The molecule has 0 aromatic heterocycles. The highest BCUT2D eigenvalue weighted by atomic mass is 19.1. The molecule has 94 valence electrons. The third-order valence-corrected chi connectivity index (χ3v) is 2.18. The first-order valence-corrected chi connectivity index (χ1v) is 5.29. The fourth-order valence-corrected chi connectivity index (χ4v) is 1.09. The summed E-state index contributed by atoms with van der Waals surface area (Å²) < 4.78 is 13.3. The Morgan fingerprint density at radius 3 is 2.65 bits per heavy atom. The van der Waals surface area contributed by atoms with E-state index in [1.165, 1.54) is 12.1 Å². The van der Waals surface area contributed by atoms with Crippen molar-refractivity contribution in [2.45, 2.75) is 27.3 Å². The van der Waals surface area contributed by atoms with Crippen LogP contribution in [-0.2, 0) is 16.2 Å². The fourth-order valence-electron chi connectivity index (χ4n) is 1.09. The second kappa shape index (κ2) is 5.14. The number of carbonyl (C=O) groups is 1. The first kappa shape index (κ1) is 13.4. The number of rotatable bonds is 3. The lowest BCUT2D eigenvalue weighted by molar-refractivity contribution is -0.161. The zero-order chi connectivity index (χ0) is 13.1. The summed E-state index contributed by atoms with van der Waals surface area (Å²) in [5.41, 5.74) is 8.03. The first-order valence-electron chi connectivity index (χ1n) is 5.29. The van der Waals surface area contributed by atoms with Gasteiger partial charge in [-0.3, -0.25) is 0 Å². The highest BCUT2D eigenvalue weighted by Gasteiger charge is 2.23. The van der Waals surface area contributed by atoms with Crippen molar-refractivity contribution in [1.29, 1.82) is 0 Å². The monoisotopic (exact) mass is 240 g/mol. The van der Waals surface area contributed by atoms with E-state index in [9.17, 15) is 9.18 Å². The van der Waals surface area contributed by atoms with Gasteiger partial charge in [0.05, 0.1) is 12.0 Å². The number of hydrogen-bond donors (Lipinski definition) is 2. The summed E-state index contributed by atoms with van der Waals surface area (Å²) in [6.45, 7) is 5.23. The van der Waals surface area contributed by atoms with Crippen LogP contribution in [0.25, 0.3) is 0 Å². The smallest absolute Gasteiger partial charge is 0.329 e. The SMILES string of the molecule is CC(C)(C)C(=O)ONCc1c(N)cccc1F. The van der Waals surface area contributed by atoms with E-state index in [4.69, 9.17) is 10.6 Å². The van der Waals surface area contributed by atoms with Gasteiger partial charge in [0.15, 0.2) is 0 Å². The van der Waals surface area contributed by atoms with Crippen molar-refractivity contribution in [1.82, 2.24) is 5.48 Å². The van der Waals surface area contributed by atoms with Gasteiger partial charge in [0, 0.05) is 11.3 Å². The first-order chi connectivity index (χ1) is 7.82. The molecule has 0 radical (unpaired) electrons. The molecule has 0 aliphatic heterocycles. The number of hydroxylamine groups is 1. The minimum Gasteiger partial charge on any atom is -0.398 e.